The summed E-state index contributed by atoms with van der Waals surface area (Å²) in [5.41, 5.74) is 3.39. The molecule has 1 aliphatic rings. The third-order valence-electron chi connectivity index (χ3n) is 3.48. The molecule has 0 aliphatic carbocycles. The molecule has 3 heteroatoms. The van der Waals surface area contributed by atoms with E-state index < -0.39 is 0 Å². The summed E-state index contributed by atoms with van der Waals surface area (Å²) in [7, 11) is 0. The van der Waals surface area contributed by atoms with Gasteiger partial charge in [0.25, 0.3) is 0 Å². The summed E-state index contributed by atoms with van der Waals surface area (Å²) in [4.78, 5) is 11.9. The van der Waals surface area contributed by atoms with Crippen LogP contribution in [-0.4, -0.2) is 5.91 Å². The lowest BCUT2D eigenvalue weighted by molar-refractivity contribution is -0.121. The maximum Gasteiger partial charge on any atom is 0.221 e. The van der Waals surface area contributed by atoms with E-state index in [1.54, 1.807) is 0 Å². The number of benzene rings is 2. The number of carbonyl (C=O) groups excluding carboxylic acids is 1. The van der Waals surface area contributed by atoms with E-state index in [1.807, 2.05) is 48.5 Å². The van der Waals surface area contributed by atoms with Crippen LogP contribution in [0.2, 0.25) is 5.02 Å². The smallest absolute Gasteiger partial charge is 0.221 e. The highest BCUT2D eigenvalue weighted by Gasteiger charge is 2.23. The van der Waals surface area contributed by atoms with Gasteiger partial charge in [0.15, 0.2) is 0 Å². The van der Waals surface area contributed by atoms with Crippen molar-refractivity contribution >= 4 is 17.5 Å². The largest absolute Gasteiger partial charge is 0.345 e. The third-order valence-corrected chi connectivity index (χ3v) is 3.71. The Morgan fingerprint density at radius 2 is 1.84 bits per heavy atom. The molecule has 2 nitrogen and oxygen atoms in total. The van der Waals surface area contributed by atoms with Gasteiger partial charge in [-0.1, -0.05) is 48.0 Å². The van der Waals surface area contributed by atoms with Crippen LogP contribution in [-0.2, 0) is 11.2 Å². The molecule has 0 spiro atoms. The summed E-state index contributed by atoms with van der Waals surface area (Å²) >= 11 is 6.05. The second kappa shape index (κ2) is 5.06. The van der Waals surface area contributed by atoms with Crippen LogP contribution in [0.1, 0.15) is 29.2 Å². The molecule has 1 amide bonds. The van der Waals surface area contributed by atoms with Gasteiger partial charge < -0.3 is 5.32 Å². The van der Waals surface area contributed by atoms with Crippen molar-refractivity contribution in [2.45, 2.75) is 18.9 Å². The third kappa shape index (κ3) is 2.49. The fourth-order valence-electron chi connectivity index (χ4n) is 2.54. The highest BCUT2D eigenvalue weighted by atomic mass is 35.5. The first-order chi connectivity index (χ1) is 9.24. The molecule has 1 aliphatic heterocycles. The van der Waals surface area contributed by atoms with Crippen molar-refractivity contribution in [1.82, 2.24) is 5.32 Å². The highest BCUT2D eigenvalue weighted by molar-refractivity contribution is 6.30. The molecule has 19 heavy (non-hydrogen) atoms. The molecular formula is C16H14ClNO. The van der Waals surface area contributed by atoms with E-state index >= 15 is 0 Å². The van der Waals surface area contributed by atoms with Crippen LogP contribution in [0.15, 0.2) is 48.5 Å². The molecule has 0 saturated carbocycles. The molecule has 0 fully saturated rings. The number of rotatable bonds is 1. The van der Waals surface area contributed by atoms with Crippen molar-refractivity contribution < 1.29 is 4.79 Å². The first-order valence-corrected chi connectivity index (χ1v) is 6.74. The Hall–Kier alpha value is -1.80. The predicted octanol–water partition coefficient (Wildman–Crippen LogP) is 3.49. The number of fused-ring (bicyclic) bond motifs is 1. The fourth-order valence-corrected chi connectivity index (χ4v) is 2.73. The second-order valence-corrected chi connectivity index (χ2v) is 5.19. The minimum absolute atomic E-state index is 0.0801. The van der Waals surface area contributed by atoms with Gasteiger partial charge in [-0.3, -0.25) is 4.79 Å². The minimum Gasteiger partial charge on any atom is -0.345 e. The maximum atomic E-state index is 11.9. The Labute approximate surface area is 117 Å². The second-order valence-electron chi connectivity index (χ2n) is 4.75. The lowest BCUT2D eigenvalue weighted by Crippen LogP contribution is -2.27. The lowest BCUT2D eigenvalue weighted by Gasteiger charge is -2.19. The number of carbonyl (C=O) groups is 1. The molecule has 1 heterocycles. The number of halogens is 1. The van der Waals surface area contributed by atoms with E-state index in [0.29, 0.717) is 6.42 Å². The molecule has 96 valence electrons. The van der Waals surface area contributed by atoms with Crippen LogP contribution >= 0.6 is 11.6 Å². The van der Waals surface area contributed by atoms with Crippen LogP contribution in [0.4, 0.5) is 0 Å². The minimum atomic E-state index is -0.0801. The molecule has 3 rings (SSSR count). The van der Waals surface area contributed by atoms with Crippen molar-refractivity contribution in [2.75, 3.05) is 0 Å². The predicted molar refractivity (Wildman–Crippen MR) is 76.2 cm³/mol. The average molecular weight is 272 g/mol. The monoisotopic (exact) mass is 271 g/mol. The Bertz CT molecular complexity index is 609. The first kappa shape index (κ1) is 12.2. The van der Waals surface area contributed by atoms with Gasteiger partial charge in [0.1, 0.15) is 0 Å². The number of hydrogen-bond donors (Lipinski definition) is 1. The summed E-state index contributed by atoms with van der Waals surface area (Å²) in [6, 6.07) is 15.8. The molecule has 1 atom stereocenters. The number of amides is 1. The van der Waals surface area contributed by atoms with Gasteiger partial charge in [0.2, 0.25) is 5.91 Å². The first-order valence-electron chi connectivity index (χ1n) is 6.36. The van der Waals surface area contributed by atoms with E-state index in [2.05, 4.69) is 5.32 Å². The van der Waals surface area contributed by atoms with Crippen molar-refractivity contribution in [2.24, 2.45) is 0 Å². The van der Waals surface area contributed by atoms with Gasteiger partial charge in [-0.2, -0.15) is 0 Å². The van der Waals surface area contributed by atoms with Gasteiger partial charge >= 0.3 is 0 Å². The average Bonchev–Trinajstić information content (AvgIpc) is 2.59. The standard InChI is InChI=1S/C16H14ClNO/c17-13-7-8-14-12(10-13)6-9-15(19)18-16(14)11-4-2-1-3-5-11/h1-5,7-8,10,16H,6,9H2,(H,18,19). The van der Waals surface area contributed by atoms with Gasteiger partial charge in [0.05, 0.1) is 6.04 Å². The van der Waals surface area contributed by atoms with E-state index in [-0.39, 0.29) is 11.9 Å². The maximum absolute atomic E-state index is 11.9. The molecule has 1 N–H and O–H groups in total. The molecular weight excluding hydrogens is 258 g/mol. The highest BCUT2D eigenvalue weighted by Crippen LogP contribution is 2.30. The number of nitrogens with one attached hydrogen (secondary N) is 1. The van der Waals surface area contributed by atoms with Crippen molar-refractivity contribution in [1.29, 1.82) is 0 Å². The summed E-state index contributed by atoms with van der Waals surface area (Å²) in [5.74, 6) is 0.0844. The normalized spacial score (nSPS) is 18.4. The van der Waals surface area contributed by atoms with Crippen LogP contribution in [0.3, 0.4) is 0 Å². The Morgan fingerprint density at radius 1 is 1.05 bits per heavy atom. The van der Waals surface area contributed by atoms with E-state index in [0.717, 1.165) is 28.1 Å². The zero-order valence-corrected chi connectivity index (χ0v) is 11.2. The fraction of sp³-hybridized carbons (Fsp3) is 0.188. The number of aryl methyl sites for hydroxylation is 1. The molecule has 2 aromatic carbocycles. The summed E-state index contributed by atoms with van der Waals surface area (Å²) < 4.78 is 0. The summed E-state index contributed by atoms with van der Waals surface area (Å²) in [6.07, 6.45) is 1.25. The molecule has 2 aromatic rings. The summed E-state index contributed by atoms with van der Waals surface area (Å²) in [6.45, 7) is 0. The van der Waals surface area contributed by atoms with E-state index in [9.17, 15) is 4.79 Å². The van der Waals surface area contributed by atoms with Crippen molar-refractivity contribution in [3.05, 3.63) is 70.2 Å². The van der Waals surface area contributed by atoms with Gasteiger partial charge in [-0.25, -0.2) is 0 Å². The Morgan fingerprint density at radius 3 is 2.63 bits per heavy atom. The van der Waals surface area contributed by atoms with Gasteiger partial charge in [0, 0.05) is 11.4 Å². The van der Waals surface area contributed by atoms with Crippen LogP contribution in [0, 0.1) is 0 Å². The molecule has 0 saturated heterocycles. The van der Waals surface area contributed by atoms with Crippen LogP contribution in [0.25, 0.3) is 0 Å². The zero-order chi connectivity index (χ0) is 13.2. The molecule has 0 bridgehead atoms. The molecule has 1 unspecified atom stereocenters. The lowest BCUT2D eigenvalue weighted by atomic mass is 9.94. The quantitative estimate of drug-likeness (QED) is 0.845. The molecule has 0 aromatic heterocycles. The summed E-state index contributed by atoms with van der Waals surface area (Å²) in [5, 5.41) is 3.81. The Balaban J connectivity index is 2.10. The Kier molecular flexibility index (Phi) is 3.26. The van der Waals surface area contributed by atoms with Crippen LogP contribution in [0.5, 0.6) is 0 Å². The van der Waals surface area contributed by atoms with Crippen LogP contribution < -0.4 is 5.32 Å². The molecule has 0 radical (unpaired) electrons. The van der Waals surface area contributed by atoms with Crippen molar-refractivity contribution in [3.8, 4) is 0 Å². The number of hydrogen-bond acceptors (Lipinski definition) is 1. The van der Waals surface area contributed by atoms with Gasteiger partial charge in [-0.05, 0) is 35.2 Å². The van der Waals surface area contributed by atoms with E-state index in [1.165, 1.54) is 0 Å². The van der Waals surface area contributed by atoms with Crippen molar-refractivity contribution in [3.63, 3.8) is 0 Å². The SMILES string of the molecule is O=C1CCc2cc(Cl)ccc2C(c2ccccc2)N1. The topological polar surface area (TPSA) is 29.1 Å². The van der Waals surface area contributed by atoms with Gasteiger partial charge in [-0.15, -0.1) is 0 Å². The van der Waals surface area contributed by atoms with E-state index in [4.69, 9.17) is 11.6 Å². The zero-order valence-electron chi connectivity index (χ0n) is 10.4.